The molecule has 10 N–H and O–H groups in total. The van der Waals surface area contributed by atoms with Gasteiger partial charge in [-0.1, -0.05) is 60.7 Å². The molecule has 0 radical (unpaired) electrons. The third-order valence-electron chi connectivity index (χ3n) is 2.71. The molecule has 27 heavy (non-hydrogen) atoms. The summed E-state index contributed by atoms with van der Waals surface area (Å²) in [7, 11) is 0. The molecule has 2 aromatic rings. The molecule has 0 aliphatic heterocycles. The van der Waals surface area contributed by atoms with E-state index in [1.54, 1.807) is 12.2 Å². The minimum atomic E-state index is -0.182. The van der Waals surface area contributed by atoms with Gasteiger partial charge in [-0.2, -0.15) is 0 Å². The van der Waals surface area contributed by atoms with Crippen molar-refractivity contribution in [1.29, 1.82) is 0 Å². The third kappa shape index (κ3) is 14.2. The average Bonchev–Trinajstić information content (AvgIpc) is 2.66. The summed E-state index contributed by atoms with van der Waals surface area (Å²) in [6.07, 6.45) is 6.34. The van der Waals surface area contributed by atoms with Crippen LogP contribution in [0.4, 0.5) is 0 Å². The Bertz CT molecular complexity index is 657. The maximum atomic E-state index is 8.86. The van der Waals surface area contributed by atoms with Gasteiger partial charge in [0.15, 0.2) is 0 Å². The minimum Gasteiger partial charge on any atom is -0.492 e. The molecule has 0 spiro atoms. The molecule has 0 saturated heterocycles. The van der Waals surface area contributed by atoms with Crippen molar-refractivity contribution in [3.05, 3.63) is 83.9 Å². The van der Waals surface area contributed by atoms with E-state index < -0.39 is 0 Å². The van der Waals surface area contributed by atoms with Crippen molar-refractivity contribution in [2.75, 3.05) is 0 Å². The minimum absolute atomic E-state index is 0. The molecule has 0 heterocycles. The van der Waals surface area contributed by atoms with E-state index in [1.807, 2.05) is 60.7 Å². The SMILES string of the molecule is N/N=C(O)/C=C/c1ccccc1.N/N=C(O)/C=C/c1ccccc1.O.O.[Cd]. The molecule has 0 aliphatic carbocycles. The Labute approximate surface area is 178 Å². The van der Waals surface area contributed by atoms with Gasteiger partial charge in [0.2, 0.25) is 11.8 Å². The van der Waals surface area contributed by atoms with Gasteiger partial charge < -0.3 is 32.9 Å². The summed E-state index contributed by atoms with van der Waals surface area (Å²) in [5.41, 5.74) is 1.99. The molecule has 142 valence electrons. The predicted molar refractivity (Wildman–Crippen MR) is 107 cm³/mol. The van der Waals surface area contributed by atoms with Crippen LogP contribution in [0.2, 0.25) is 0 Å². The van der Waals surface area contributed by atoms with Crippen molar-refractivity contribution in [2.24, 2.45) is 21.9 Å². The molecule has 0 amide bonds. The molecule has 9 heteroatoms. The van der Waals surface area contributed by atoms with E-state index in [1.165, 1.54) is 12.2 Å². The number of rotatable bonds is 4. The van der Waals surface area contributed by atoms with Crippen LogP contribution in [0.1, 0.15) is 11.1 Å². The van der Waals surface area contributed by atoms with Gasteiger partial charge in [-0.15, -0.1) is 10.2 Å². The Kier molecular flexibility index (Phi) is 19.5. The van der Waals surface area contributed by atoms with Crippen molar-refractivity contribution in [3.63, 3.8) is 0 Å². The fourth-order valence-corrected chi connectivity index (χ4v) is 1.56. The van der Waals surface area contributed by atoms with Gasteiger partial charge in [0.1, 0.15) is 0 Å². The van der Waals surface area contributed by atoms with Gasteiger partial charge in [-0.25, -0.2) is 0 Å². The molecule has 0 saturated carbocycles. The molecule has 8 nitrogen and oxygen atoms in total. The van der Waals surface area contributed by atoms with E-state index in [0.29, 0.717) is 0 Å². The zero-order valence-corrected chi connectivity index (χ0v) is 18.8. The van der Waals surface area contributed by atoms with Crippen LogP contribution in [0, 0.1) is 0 Å². The summed E-state index contributed by atoms with van der Waals surface area (Å²) in [6, 6.07) is 19.2. The van der Waals surface area contributed by atoms with Crippen LogP contribution >= 0.6 is 0 Å². The molecule has 0 aliphatic rings. The Balaban J connectivity index is -0.000000384. The summed E-state index contributed by atoms with van der Waals surface area (Å²) < 4.78 is 0. The standard InChI is InChI=1S/2C9H10N2O.Cd.2H2O/c2*10-11-9(12)7-6-8-4-2-1-3-5-8;;;/h2*1-7H,10H2,(H,11,12);;2*1H2/b2*7-6+;;;. The largest absolute Gasteiger partial charge is 0.492 e. The molecule has 2 rings (SSSR count). The summed E-state index contributed by atoms with van der Waals surface area (Å²) in [5.74, 6) is 9.28. The van der Waals surface area contributed by atoms with Gasteiger partial charge in [0, 0.05) is 39.5 Å². The predicted octanol–water partition coefficient (Wildman–Crippen LogP) is 1.41. The maximum Gasteiger partial charge on any atom is 0.227 e. The number of hydrazone groups is 2. The number of hydrogen-bond donors (Lipinski definition) is 4. The normalized spacial score (nSPS) is 10.8. The molecule has 0 atom stereocenters. The Morgan fingerprint density at radius 3 is 1.22 bits per heavy atom. The molecular weight excluding hydrogens is 449 g/mol. The second kappa shape index (κ2) is 18.1. The van der Waals surface area contributed by atoms with Crippen LogP contribution in [-0.4, -0.2) is 33.0 Å². The molecule has 0 fully saturated rings. The molecular formula is C18H24CdN4O4. The first-order valence-corrected chi connectivity index (χ1v) is 7.05. The van der Waals surface area contributed by atoms with E-state index in [-0.39, 0.29) is 50.0 Å². The van der Waals surface area contributed by atoms with Crippen molar-refractivity contribution in [3.8, 4) is 0 Å². The number of aliphatic hydroxyl groups excluding tert-OH is 2. The smallest absolute Gasteiger partial charge is 0.227 e. The molecule has 0 unspecified atom stereocenters. The van der Waals surface area contributed by atoms with Crippen molar-refractivity contribution in [1.82, 2.24) is 0 Å². The number of benzene rings is 2. The molecule has 0 aromatic heterocycles. The Morgan fingerprint density at radius 1 is 0.667 bits per heavy atom. The van der Waals surface area contributed by atoms with Crippen LogP contribution in [0.5, 0.6) is 0 Å². The summed E-state index contributed by atoms with van der Waals surface area (Å²) in [6.45, 7) is 0. The average molecular weight is 473 g/mol. The van der Waals surface area contributed by atoms with E-state index in [2.05, 4.69) is 10.2 Å². The van der Waals surface area contributed by atoms with E-state index in [9.17, 15) is 0 Å². The van der Waals surface area contributed by atoms with Crippen LogP contribution in [0.15, 0.2) is 83.0 Å². The zero-order valence-electron chi connectivity index (χ0n) is 14.7. The Morgan fingerprint density at radius 2 is 0.963 bits per heavy atom. The third-order valence-corrected chi connectivity index (χ3v) is 2.71. The first kappa shape index (κ1) is 29.1. The molecule has 0 bridgehead atoms. The van der Waals surface area contributed by atoms with Gasteiger partial charge >= 0.3 is 0 Å². The second-order valence-electron chi connectivity index (χ2n) is 4.46. The number of aliphatic hydroxyl groups is 2. The fraction of sp³-hybridized carbons (Fsp3) is 0. The first-order chi connectivity index (χ1) is 11.7. The number of nitrogens with zero attached hydrogens (tertiary/aromatic N) is 2. The quantitative estimate of drug-likeness (QED) is 0.173. The van der Waals surface area contributed by atoms with E-state index in [0.717, 1.165) is 11.1 Å². The topological polar surface area (TPSA) is 180 Å². The van der Waals surface area contributed by atoms with Crippen LogP contribution < -0.4 is 11.7 Å². The second-order valence-corrected chi connectivity index (χ2v) is 4.46. The number of nitrogens with two attached hydrogens (primary N) is 2. The van der Waals surface area contributed by atoms with Crippen molar-refractivity contribution >= 4 is 23.9 Å². The summed E-state index contributed by atoms with van der Waals surface area (Å²) in [5, 5.41) is 23.9. The maximum absolute atomic E-state index is 8.86. The van der Waals surface area contributed by atoms with Crippen LogP contribution in [-0.2, 0) is 27.3 Å². The fourth-order valence-electron chi connectivity index (χ4n) is 1.56. The van der Waals surface area contributed by atoms with Gasteiger partial charge in [-0.3, -0.25) is 0 Å². The van der Waals surface area contributed by atoms with Gasteiger partial charge in [0.05, 0.1) is 0 Å². The summed E-state index contributed by atoms with van der Waals surface area (Å²) in [4.78, 5) is 0. The van der Waals surface area contributed by atoms with Crippen molar-refractivity contribution in [2.45, 2.75) is 0 Å². The Hall–Kier alpha value is -2.70. The number of hydrogen-bond acceptors (Lipinski definition) is 4. The van der Waals surface area contributed by atoms with Crippen LogP contribution in [0.25, 0.3) is 12.2 Å². The van der Waals surface area contributed by atoms with E-state index in [4.69, 9.17) is 21.9 Å². The first-order valence-electron chi connectivity index (χ1n) is 7.05. The molecule has 2 aromatic carbocycles. The monoisotopic (exact) mass is 474 g/mol. The van der Waals surface area contributed by atoms with Crippen LogP contribution in [0.3, 0.4) is 0 Å². The zero-order chi connectivity index (χ0) is 17.6. The van der Waals surface area contributed by atoms with E-state index >= 15 is 0 Å². The van der Waals surface area contributed by atoms with Gasteiger partial charge in [0.25, 0.3) is 0 Å². The van der Waals surface area contributed by atoms with Crippen molar-refractivity contribution < 1.29 is 48.5 Å². The van der Waals surface area contributed by atoms with Gasteiger partial charge in [-0.05, 0) is 23.3 Å². The summed E-state index contributed by atoms with van der Waals surface area (Å²) >= 11 is 0.